The second-order valence-corrected chi connectivity index (χ2v) is 3.04. The van der Waals surface area contributed by atoms with Crippen molar-refractivity contribution in [3.05, 3.63) is 0 Å². The van der Waals surface area contributed by atoms with Gasteiger partial charge in [-0.25, -0.2) is 4.79 Å². The Morgan fingerprint density at radius 2 is 2.08 bits per heavy atom. The average Bonchev–Trinajstić information content (AvgIpc) is 2.30. The fourth-order valence-corrected chi connectivity index (χ4v) is 1.57. The lowest BCUT2D eigenvalue weighted by Crippen LogP contribution is -2.53. The minimum Gasteiger partial charge on any atom is -0.454 e. The molecule has 2 rings (SSSR count). The van der Waals surface area contributed by atoms with Gasteiger partial charge in [-0.1, -0.05) is 0 Å². The van der Waals surface area contributed by atoms with Crippen LogP contribution < -0.4 is 0 Å². The first-order valence-electron chi connectivity index (χ1n) is 3.90. The van der Waals surface area contributed by atoms with E-state index < -0.39 is 36.7 Å². The summed E-state index contributed by atoms with van der Waals surface area (Å²) in [5.74, 6) is -0.656. The van der Waals surface area contributed by atoms with Crippen LogP contribution in [0, 0.1) is 0 Å². The molecule has 0 aliphatic carbocycles. The Bertz CT molecular complexity index is 229. The molecule has 2 N–H and O–H groups in total. The summed E-state index contributed by atoms with van der Waals surface area (Å²) < 4.78 is 14.4. The van der Waals surface area contributed by atoms with E-state index in [1.54, 1.807) is 0 Å². The summed E-state index contributed by atoms with van der Waals surface area (Å²) in [7, 11) is 1.34. The molecule has 0 aromatic carbocycles. The predicted molar refractivity (Wildman–Crippen MR) is 37.6 cm³/mol. The van der Waals surface area contributed by atoms with Crippen molar-refractivity contribution in [2.75, 3.05) is 7.11 Å². The second kappa shape index (κ2) is 2.91. The maximum Gasteiger partial charge on any atom is 0.338 e. The van der Waals surface area contributed by atoms with Crippen molar-refractivity contribution in [1.29, 1.82) is 0 Å². The van der Waals surface area contributed by atoms with Crippen molar-refractivity contribution in [1.82, 2.24) is 0 Å². The lowest BCUT2D eigenvalue weighted by Gasteiger charge is -2.32. The normalized spacial score (nSPS) is 49.2. The number of rotatable bonds is 1. The fourth-order valence-electron chi connectivity index (χ4n) is 1.57. The van der Waals surface area contributed by atoms with Gasteiger partial charge in [0.25, 0.3) is 0 Å². The number of hydrogen-bond donors (Lipinski definition) is 2. The third-order valence-electron chi connectivity index (χ3n) is 2.26. The van der Waals surface area contributed by atoms with Gasteiger partial charge in [0.1, 0.15) is 12.2 Å². The molecule has 6 nitrogen and oxygen atoms in total. The van der Waals surface area contributed by atoms with E-state index >= 15 is 0 Å². The third kappa shape index (κ3) is 1.14. The summed E-state index contributed by atoms with van der Waals surface area (Å²) in [4.78, 5) is 11.0. The van der Waals surface area contributed by atoms with Gasteiger partial charge in [0.05, 0.1) is 0 Å². The zero-order valence-corrected chi connectivity index (χ0v) is 6.91. The van der Waals surface area contributed by atoms with Gasteiger partial charge in [0, 0.05) is 7.11 Å². The molecule has 0 unspecified atom stereocenters. The van der Waals surface area contributed by atoms with Crippen molar-refractivity contribution in [2.45, 2.75) is 30.7 Å². The van der Waals surface area contributed by atoms with Gasteiger partial charge >= 0.3 is 5.97 Å². The van der Waals surface area contributed by atoms with E-state index in [0.29, 0.717) is 0 Å². The monoisotopic (exact) mass is 190 g/mol. The van der Waals surface area contributed by atoms with E-state index in [2.05, 4.69) is 0 Å². The SMILES string of the molecule is CO[C@H]1O[C@@H]2C(=O)O[C@H]([C@H]1O)[C@@H]2O. The molecule has 6 heteroatoms. The summed E-state index contributed by atoms with van der Waals surface area (Å²) in [6.45, 7) is 0. The number of ether oxygens (including phenoxy) is 3. The van der Waals surface area contributed by atoms with E-state index in [1.165, 1.54) is 7.11 Å². The summed E-state index contributed by atoms with van der Waals surface area (Å²) >= 11 is 0. The predicted octanol–water partition coefficient (Wildman–Crippen LogP) is -2.00. The molecule has 2 saturated heterocycles. The molecular weight excluding hydrogens is 180 g/mol. The van der Waals surface area contributed by atoms with E-state index in [9.17, 15) is 15.0 Å². The highest BCUT2D eigenvalue weighted by Crippen LogP contribution is 2.30. The van der Waals surface area contributed by atoms with Crippen LogP contribution in [0.1, 0.15) is 0 Å². The zero-order chi connectivity index (χ0) is 9.59. The Labute approximate surface area is 74.0 Å². The van der Waals surface area contributed by atoms with Crippen LogP contribution in [0.5, 0.6) is 0 Å². The minimum atomic E-state index is -1.14. The topological polar surface area (TPSA) is 85.2 Å². The van der Waals surface area contributed by atoms with Crippen LogP contribution >= 0.6 is 0 Å². The van der Waals surface area contributed by atoms with Crippen molar-refractivity contribution in [3.8, 4) is 0 Å². The zero-order valence-electron chi connectivity index (χ0n) is 6.91. The van der Waals surface area contributed by atoms with E-state index in [1.807, 2.05) is 0 Å². The van der Waals surface area contributed by atoms with Crippen LogP contribution in [0.4, 0.5) is 0 Å². The summed E-state index contributed by atoms with van der Waals surface area (Å²) in [5.41, 5.74) is 0. The molecular formula is C7H10O6. The van der Waals surface area contributed by atoms with Crippen LogP contribution in [-0.2, 0) is 19.0 Å². The van der Waals surface area contributed by atoms with E-state index in [-0.39, 0.29) is 0 Å². The molecule has 5 atom stereocenters. The van der Waals surface area contributed by atoms with Gasteiger partial charge in [-0.05, 0) is 0 Å². The number of aliphatic hydroxyl groups is 2. The molecule has 2 aliphatic rings. The van der Waals surface area contributed by atoms with Gasteiger partial charge in [-0.15, -0.1) is 0 Å². The first-order valence-corrected chi connectivity index (χ1v) is 3.90. The lowest BCUT2D eigenvalue weighted by molar-refractivity contribution is -0.252. The highest BCUT2D eigenvalue weighted by atomic mass is 16.7. The smallest absolute Gasteiger partial charge is 0.338 e. The highest BCUT2D eigenvalue weighted by molar-refractivity contribution is 5.78. The number of carbonyl (C=O) groups is 1. The van der Waals surface area contributed by atoms with Gasteiger partial charge in [0.2, 0.25) is 0 Å². The Hall–Kier alpha value is -0.690. The number of esters is 1. The number of methoxy groups -OCH3 is 1. The van der Waals surface area contributed by atoms with Crippen LogP contribution in [0.3, 0.4) is 0 Å². The molecule has 0 aromatic rings. The summed E-state index contributed by atoms with van der Waals surface area (Å²) in [6, 6.07) is 0. The average molecular weight is 190 g/mol. The largest absolute Gasteiger partial charge is 0.454 e. The summed E-state index contributed by atoms with van der Waals surface area (Å²) in [6.07, 6.45) is -5.11. The molecule has 0 amide bonds. The Balaban J connectivity index is 2.21. The van der Waals surface area contributed by atoms with Crippen molar-refractivity contribution in [3.63, 3.8) is 0 Å². The fraction of sp³-hybridized carbons (Fsp3) is 0.857. The lowest BCUT2D eigenvalue weighted by atomic mass is 10.0. The number of aliphatic hydroxyl groups excluding tert-OH is 2. The van der Waals surface area contributed by atoms with Crippen LogP contribution in [0.2, 0.25) is 0 Å². The molecule has 0 saturated carbocycles. The van der Waals surface area contributed by atoms with Crippen molar-refractivity contribution in [2.24, 2.45) is 0 Å². The van der Waals surface area contributed by atoms with Gasteiger partial charge in [0.15, 0.2) is 18.5 Å². The Kier molecular flexibility index (Phi) is 1.99. The maximum absolute atomic E-state index is 11.0. The molecule has 0 aromatic heterocycles. The molecule has 0 radical (unpaired) electrons. The van der Waals surface area contributed by atoms with Crippen LogP contribution in [0.25, 0.3) is 0 Å². The first kappa shape index (κ1) is 8.89. The minimum absolute atomic E-state index is 0.656. The van der Waals surface area contributed by atoms with Crippen LogP contribution in [0.15, 0.2) is 0 Å². The van der Waals surface area contributed by atoms with Gasteiger partial charge in [-0.3, -0.25) is 0 Å². The number of fused-ring (bicyclic) bond motifs is 2. The standard InChI is InChI=1S/C7H10O6/c1-11-7-3(9)4-2(8)5(13-7)6(10)12-4/h2-5,7-9H,1H3/t2-,3+,4-,5-,7-/m0/s1. The highest BCUT2D eigenvalue weighted by Gasteiger charge is 2.56. The van der Waals surface area contributed by atoms with Crippen LogP contribution in [-0.4, -0.2) is 54.0 Å². The van der Waals surface area contributed by atoms with Crippen molar-refractivity contribution < 1.29 is 29.2 Å². The van der Waals surface area contributed by atoms with Crippen molar-refractivity contribution >= 4 is 5.97 Å². The Morgan fingerprint density at radius 3 is 2.69 bits per heavy atom. The molecule has 2 fully saturated rings. The second-order valence-electron chi connectivity index (χ2n) is 3.04. The van der Waals surface area contributed by atoms with E-state index in [4.69, 9.17) is 14.2 Å². The molecule has 2 heterocycles. The molecule has 2 aliphatic heterocycles. The summed E-state index contributed by atoms with van der Waals surface area (Å²) in [5, 5.41) is 18.8. The first-order chi connectivity index (χ1) is 6.15. The molecule has 0 spiro atoms. The number of hydrogen-bond acceptors (Lipinski definition) is 6. The number of carbonyl (C=O) groups excluding carboxylic acids is 1. The third-order valence-corrected chi connectivity index (χ3v) is 2.26. The van der Waals surface area contributed by atoms with Gasteiger partial charge < -0.3 is 24.4 Å². The van der Waals surface area contributed by atoms with E-state index in [0.717, 1.165) is 0 Å². The molecule has 2 bridgehead atoms. The maximum atomic E-state index is 11.0. The molecule has 13 heavy (non-hydrogen) atoms. The molecule has 74 valence electrons. The Morgan fingerprint density at radius 1 is 1.38 bits per heavy atom. The van der Waals surface area contributed by atoms with Gasteiger partial charge in [-0.2, -0.15) is 0 Å². The quantitative estimate of drug-likeness (QED) is 0.465.